The van der Waals surface area contributed by atoms with Crippen molar-refractivity contribution in [3.05, 3.63) is 113 Å². The van der Waals surface area contributed by atoms with Gasteiger partial charge in [-0.25, -0.2) is 0 Å². The second kappa shape index (κ2) is 8.06. The molecule has 0 saturated heterocycles. The van der Waals surface area contributed by atoms with Crippen molar-refractivity contribution >= 4 is 11.5 Å². The van der Waals surface area contributed by atoms with Crippen LogP contribution < -0.4 is 5.73 Å². The maximum absolute atomic E-state index is 11.1. The molecule has 3 aromatic rings. The van der Waals surface area contributed by atoms with Crippen LogP contribution in [0.25, 0.3) is 5.57 Å². The molecule has 0 amide bonds. The molecule has 4 rings (SSSR count). The highest BCUT2D eigenvalue weighted by molar-refractivity contribution is 5.83. The van der Waals surface area contributed by atoms with Crippen molar-refractivity contribution in [2.45, 2.75) is 24.8 Å². The fourth-order valence-electron chi connectivity index (χ4n) is 4.42. The molecule has 3 nitrogen and oxygen atoms in total. The zero-order valence-electron chi connectivity index (χ0n) is 16.5. The number of carbonyl (C=O) groups is 1. The maximum Gasteiger partial charge on any atom is 0.302 e. The van der Waals surface area contributed by atoms with E-state index in [-0.39, 0.29) is 11.9 Å². The van der Waals surface area contributed by atoms with Gasteiger partial charge in [-0.15, -0.1) is 0 Å². The zero-order valence-corrected chi connectivity index (χ0v) is 16.5. The molecule has 146 valence electrons. The van der Waals surface area contributed by atoms with Crippen LogP contribution in [-0.4, -0.2) is 12.6 Å². The molecule has 0 aliphatic heterocycles. The quantitative estimate of drug-likeness (QED) is 0.497. The van der Waals surface area contributed by atoms with E-state index in [1.165, 1.54) is 18.1 Å². The molecule has 0 aromatic heterocycles. The average Bonchev–Trinajstić information content (AvgIpc) is 3.02. The van der Waals surface area contributed by atoms with Crippen molar-refractivity contribution in [2.75, 3.05) is 6.61 Å². The minimum Gasteiger partial charge on any atom is -0.466 e. The number of ether oxygens (including phenoxy) is 1. The lowest BCUT2D eigenvalue weighted by Crippen LogP contribution is -2.41. The summed E-state index contributed by atoms with van der Waals surface area (Å²) >= 11 is 0. The van der Waals surface area contributed by atoms with Crippen molar-refractivity contribution in [1.29, 1.82) is 0 Å². The molecule has 29 heavy (non-hydrogen) atoms. The normalized spacial score (nSPS) is 21.7. The van der Waals surface area contributed by atoms with E-state index in [1.54, 1.807) is 0 Å². The van der Waals surface area contributed by atoms with E-state index in [0.29, 0.717) is 13.0 Å². The summed E-state index contributed by atoms with van der Waals surface area (Å²) in [5.41, 5.74) is 12.3. The van der Waals surface area contributed by atoms with E-state index >= 15 is 0 Å². The van der Waals surface area contributed by atoms with E-state index in [1.807, 2.05) is 30.3 Å². The number of hydrogen-bond donors (Lipinski definition) is 1. The van der Waals surface area contributed by atoms with E-state index < -0.39 is 5.54 Å². The first kappa shape index (κ1) is 19.2. The Morgan fingerprint density at radius 1 is 0.966 bits per heavy atom. The van der Waals surface area contributed by atoms with Crippen molar-refractivity contribution < 1.29 is 9.53 Å². The Bertz CT molecular complexity index is 1030. The molecule has 3 heteroatoms. The SMILES string of the molecule is CC(=O)OCC/C=C1/c2ccccc2[C@@](N)(c2ccccc2)[C@@H]1c1ccccc1. The van der Waals surface area contributed by atoms with Gasteiger partial charge in [0.15, 0.2) is 0 Å². The molecule has 1 aliphatic carbocycles. The summed E-state index contributed by atoms with van der Waals surface area (Å²) in [4.78, 5) is 11.1. The van der Waals surface area contributed by atoms with Gasteiger partial charge in [0.05, 0.1) is 12.1 Å². The molecule has 0 spiro atoms. The summed E-state index contributed by atoms with van der Waals surface area (Å²) in [7, 11) is 0. The average molecular weight is 383 g/mol. The summed E-state index contributed by atoms with van der Waals surface area (Å²) in [5.74, 6) is -0.284. The van der Waals surface area contributed by atoms with Crippen molar-refractivity contribution in [2.24, 2.45) is 5.73 Å². The van der Waals surface area contributed by atoms with Gasteiger partial charge in [0.2, 0.25) is 0 Å². The summed E-state index contributed by atoms with van der Waals surface area (Å²) in [6.45, 7) is 1.80. The molecule has 1 aliphatic rings. The predicted octanol–water partition coefficient (Wildman–Crippen LogP) is 5.02. The Balaban J connectivity index is 1.88. The van der Waals surface area contributed by atoms with Crippen LogP contribution in [0, 0.1) is 0 Å². The van der Waals surface area contributed by atoms with Crippen molar-refractivity contribution in [3.63, 3.8) is 0 Å². The lowest BCUT2D eigenvalue weighted by Gasteiger charge is -2.34. The summed E-state index contributed by atoms with van der Waals surface area (Å²) in [6, 6.07) is 29.1. The second-order valence-electron chi connectivity index (χ2n) is 7.41. The Hall–Kier alpha value is -3.17. The minimum atomic E-state index is -0.674. The molecule has 2 N–H and O–H groups in total. The first-order valence-electron chi connectivity index (χ1n) is 9.95. The Kier molecular flexibility index (Phi) is 5.32. The van der Waals surface area contributed by atoms with Crippen LogP contribution in [0.5, 0.6) is 0 Å². The third kappa shape index (κ3) is 3.50. The first-order chi connectivity index (χ1) is 14.1. The molecule has 0 unspecified atom stereocenters. The van der Waals surface area contributed by atoms with Gasteiger partial charge in [-0.05, 0) is 27.8 Å². The number of fused-ring (bicyclic) bond motifs is 1. The van der Waals surface area contributed by atoms with Crippen LogP contribution in [0.4, 0.5) is 0 Å². The van der Waals surface area contributed by atoms with E-state index in [4.69, 9.17) is 10.5 Å². The Labute approximate surface area is 171 Å². The Morgan fingerprint density at radius 3 is 2.28 bits per heavy atom. The lowest BCUT2D eigenvalue weighted by molar-refractivity contribution is -0.140. The third-order valence-electron chi connectivity index (χ3n) is 5.62. The number of carbonyl (C=O) groups excluding carboxylic acids is 1. The zero-order chi connectivity index (χ0) is 20.3. The highest BCUT2D eigenvalue weighted by Gasteiger charge is 2.48. The third-order valence-corrected chi connectivity index (χ3v) is 5.62. The van der Waals surface area contributed by atoms with E-state index in [9.17, 15) is 4.79 Å². The molecule has 0 saturated carbocycles. The number of nitrogens with two attached hydrogens (primary N) is 1. The topological polar surface area (TPSA) is 52.3 Å². The summed E-state index contributed by atoms with van der Waals surface area (Å²) in [6.07, 6.45) is 2.83. The lowest BCUT2D eigenvalue weighted by atomic mass is 9.74. The highest BCUT2D eigenvalue weighted by atomic mass is 16.5. The van der Waals surface area contributed by atoms with Gasteiger partial charge in [-0.3, -0.25) is 4.79 Å². The van der Waals surface area contributed by atoms with Gasteiger partial charge < -0.3 is 10.5 Å². The number of esters is 1. The smallest absolute Gasteiger partial charge is 0.302 e. The number of hydrogen-bond acceptors (Lipinski definition) is 3. The molecular formula is C26H25NO2. The molecule has 0 radical (unpaired) electrons. The van der Waals surface area contributed by atoms with Crippen LogP contribution in [0.1, 0.15) is 41.5 Å². The van der Waals surface area contributed by atoms with Crippen LogP contribution in [-0.2, 0) is 15.1 Å². The van der Waals surface area contributed by atoms with Crippen LogP contribution in [0.2, 0.25) is 0 Å². The van der Waals surface area contributed by atoms with Gasteiger partial charge in [0, 0.05) is 19.3 Å². The Morgan fingerprint density at radius 2 is 1.59 bits per heavy atom. The maximum atomic E-state index is 11.1. The van der Waals surface area contributed by atoms with Gasteiger partial charge >= 0.3 is 5.97 Å². The molecule has 0 fully saturated rings. The molecular weight excluding hydrogens is 358 g/mol. The monoisotopic (exact) mass is 383 g/mol. The van der Waals surface area contributed by atoms with Crippen LogP contribution in [0.3, 0.4) is 0 Å². The van der Waals surface area contributed by atoms with Crippen LogP contribution in [0.15, 0.2) is 91.0 Å². The van der Waals surface area contributed by atoms with Gasteiger partial charge in [0.25, 0.3) is 0 Å². The van der Waals surface area contributed by atoms with Crippen molar-refractivity contribution in [3.8, 4) is 0 Å². The fourth-order valence-corrected chi connectivity index (χ4v) is 4.42. The van der Waals surface area contributed by atoms with Crippen LogP contribution >= 0.6 is 0 Å². The predicted molar refractivity (Wildman–Crippen MR) is 116 cm³/mol. The van der Waals surface area contributed by atoms with Gasteiger partial charge in [-0.2, -0.15) is 0 Å². The molecule has 3 aromatic carbocycles. The summed E-state index contributed by atoms with van der Waals surface area (Å²) in [5, 5.41) is 0. The van der Waals surface area contributed by atoms with E-state index in [2.05, 4.69) is 60.7 Å². The largest absolute Gasteiger partial charge is 0.466 e. The molecule has 0 heterocycles. The van der Waals surface area contributed by atoms with Gasteiger partial charge in [0.1, 0.15) is 0 Å². The first-order valence-corrected chi connectivity index (χ1v) is 9.95. The molecule has 2 atom stereocenters. The van der Waals surface area contributed by atoms with Gasteiger partial charge in [-0.1, -0.05) is 91.0 Å². The minimum absolute atomic E-state index is 0.0270. The van der Waals surface area contributed by atoms with Crippen molar-refractivity contribution in [1.82, 2.24) is 0 Å². The highest BCUT2D eigenvalue weighted by Crippen LogP contribution is 2.55. The number of rotatable bonds is 5. The van der Waals surface area contributed by atoms with E-state index in [0.717, 1.165) is 16.7 Å². The fraction of sp³-hybridized carbons (Fsp3) is 0.192. The summed E-state index contributed by atoms with van der Waals surface area (Å²) < 4.78 is 5.15. The standard InChI is InChI=1S/C26H25NO2/c1-19(28)29-18-10-16-23-22-15-8-9-17-24(22)26(27,21-13-6-3-7-14-21)25(23)20-11-4-2-5-12-20/h2-9,11-17,25H,10,18,27H2,1H3/b23-16-/t25-,26+/m1/s1. The second-order valence-corrected chi connectivity index (χ2v) is 7.41. The number of benzene rings is 3. The molecule has 0 bridgehead atoms.